The van der Waals surface area contributed by atoms with Gasteiger partial charge in [0.25, 0.3) is 0 Å². The molecule has 0 saturated carbocycles. The summed E-state index contributed by atoms with van der Waals surface area (Å²) in [7, 11) is 0. The maximum Gasteiger partial charge on any atom is 0.115 e. The summed E-state index contributed by atoms with van der Waals surface area (Å²) in [6.07, 6.45) is -4.52. The highest BCUT2D eigenvalue weighted by molar-refractivity contribution is 5.27. The van der Waals surface area contributed by atoms with Crippen LogP contribution in [0.2, 0.25) is 0 Å². The molecule has 10 nitrogen and oxygen atoms in total. The van der Waals surface area contributed by atoms with Crippen LogP contribution in [0.3, 0.4) is 0 Å². The Labute approximate surface area is 317 Å². The van der Waals surface area contributed by atoms with Crippen LogP contribution in [0, 0.1) is 0 Å². The molecule has 0 amide bonds. The van der Waals surface area contributed by atoms with E-state index < -0.39 is 24.4 Å². The number of hydrogen-bond donors (Lipinski definition) is 2. The first-order valence-electron chi connectivity index (χ1n) is 18.9. The molecule has 2 saturated heterocycles. The molecule has 4 aliphatic rings. The molecule has 4 unspecified atom stereocenters. The molecule has 4 bridgehead atoms. The van der Waals surface area contributed by atoms with Crippen molar-refractivity contribution in [2.75, 3.05) is 13.2 Å². The van der Waals surface area contributed by atoms with E-state index in [1.165, 1.54) is 0 Å². The minimum Gasteiger partial charge on any atom is -0.388 e. The Kier molecular flexibility index (Phi) is 13.5. The summed E-state index contributed by atoms with van der Waals surface area (Å²) in [6.45, 7) is 7.31. The van der Waals surface area contributed by atoms with Crippen molar-refractivity contribution < 1.29 is 48.1 Å². The molecule has 2 N–H and O–H groups in total. The Hall–Kier alpha value is -3.52. The second-order valence-electron chi connectivity index (χ2n) is 14.4. The van der Waals surface area contributed by atoms with Crippen molar-refractivity contribution in [3.05, 3.63) is 143 Å². The highest BCUT2D eigenvalue weighted by Crippen LogP contribution is 2.32. The first-order valence-corrected chi connectivity index (χ1v) is 18.9. The van der Waals surface area contributed by atoms with E-state index >= 15 is 0 Å². The van der Waals surface area contributed by atoms with Crippen molar-refractivity contribution in [1.29, 1.82) is 0 Å². The number of ether oxygens (including phenoxy) is 8. The van der Waals surface area contributed by atoms with Crippen LogP contribution in [-0.4, -0.2) is 84.5 Å². The molecule has 54 heavy (non-hydrogen) atoms. The zero-order valence-electron chi connectivity index (χ0n) is 31.0. The third kappa shape index (κ3) is 9.64. The molecule has 0 aromatic heterocycles. The fourth-order valence-corrected chi connectivity index (χ4v) is 7.46. The summed E-state index contributed by atoms with van der Waals surface area (Å²) >= 11 is 0. The largest absolute Gasteiger partial charge is 0.388 e. The normalized spacial score (nSPS) is 31.1. The summed E-state index contributed by atoms with van der Waals surface area (Å²) in [5.74, 6) is 0. The van der Waals surface area contributed by atoms with Crippen LogP contribution in [0.15, 0.2) is 109 Å². The minimum atomic E-state index is -0.883. The molecule has 288 valence electrons. The average Bonchev–Trinajstić information content (AvgIpc) is 3.19. The van der Waals surface area contributed by atoms with Crippen LogP contribution in [0.4, 0.5) is 0 Å². The molecule has 4 heterocycles. The van der Waals surface area contributed by atoms with Crippen LogP contribution in [-0.2, 0) is 77.5 Å². The van der Waals surface area contributed by atoms with E-state index in [-0.39, 0.29) is 43.2 Å². The van der Waals surface area contributed by atoms with Gasteiger partial charge in [0.2, 0.25) is 0 Å². The molecule has 4 aromatic carbocycles. The number of aliphatic hydroxyl groups excluding tert-OH is 2. The van der Waals surface area contributed by atoms with Gasteiger partial charge in [-0.25, -0.2) is 0 Å². The molecule has 0 spiro atoms. The molecule has 2 fully saturated rings. The van der Waals surface area contributed by atoms with Crippen LogP contribution < -0.4 is 0 Å². The lowest BCUT2D eigenvalue weighted by atomic mass is 9.94. The van der Waals surface area contributed by atoms with Gasteiger partial charge < -0.3 is 48.1 Å². The van der Waals surface area contributed by atoms with Crippen molar-refractivity contribution in [1.82, 2.24) is 0 Å². The zero-order valence-corrected chi connectivity index (χ0v) is 31.0. The minimum absolute atomic E-state index is 0.159. The lowest BCUT2D eigenvalue weighted by Crippen LogP contribution is -2.60. The van der Waals surface area contributed by atoms with Gasteiger partial charge >= 0.3 is 0 Å². The Bertz CT molecular complexity index is 1720. The molecule has 0 radical (unpaired) electrons. The van der Waals surface area contributed by atoms with Crippen molar-refractivity contribution in [2.24, 2.45) is 0 Å². The topological polar surface area (TPSA) is 114 Å². The van der Waals surface area contributed by atoms with Crippen molar-refractivity contribution >= 4 is 0 Å². The van der Waals surface area contributed by atoms with E-state index in [0.29, 0.717) is 46.2 Å². The van der Waals surface area contributed by atoms with Gasteiger partial charge in [-0.3, -0.25) is 0 Å². The van der Waals surface area contributed by atoms with Gasteiger partial charge in [-0.1, -0.05) is 109 Å². The third-order valence-electron chi connectivity index (χ3n) is 10.5. The molecular weight excluding hydrogens is 688 g/mol. The van der Waals surface area contributed by atoms with Crippen LogP contribution in [0.25, 0.3) is 0 Å². The average molecular weight is 741 g/mol. The molecule has 10 atom stereocenters. The molecule has 0 aliphatic carbocycles. The lowest BCUT2D eigenvalue weighted by molar-refractivity contribution is -0.270. The molecule has 4 aliphatic heterocycles. The summed E-state index contributed by atoms with van der Waals surface area (Å²) in [4.78, 5) is 0. The van der Waals surface area contributed by atoms with Crippen molar-refractivity contribution in [2.45, 2.75) is 115 Å². The Morgan fingerprint density at radius 2 is 0.944 bits per heavy atom. The van der Waals surface area contributed by atoms with E-state index in [1.54, 1.807) is 6.92 Å². The van der Waals surface area contributed by atoms with E-state index in [0.717, 1.165) is 33.4 Å². The highest BCUT2D eigenvalue weighted by atomic mass is 16.6. The van der Waals surface area contributed by atoms with E-state index in [2.05, 4.69) is 36.4 Å². The quantitative estimate of drug-likeness (QED) is 0.257. The second kappa shape index (κ2) is 18.9. The van der Waals surface area contributed by atoms with Gasteiger partial charge in [0.05, 0.1) is 65.1 Å². The SMILES string of the molecule is C[C@@H]1OC2COCc3ccccc3CO[C@@H](C1O)[C@@H]2O.C[C@@H]1OC2COCc3ccccc3CO[C@@H](C1OCc1ccccc1)[C@H]2OCc1ccccc1. The Morgan fingerprint density at radius 1 is 0.500 bits per heavy atom. The Morgan fingerprint density at radius 3 is 1.50 bits per heavy atom. The van der Waals surface area contributed by atoms with Gasteiger partial charge in [-0.15, -0.1) is 0 Å². The smallest absolute Gasteiger partial charge is 0.115 e. The van der Waals surface area contributed by atoms with Gasteiger partial charge in [-0.2, -0.15) is 0 Å². The van der Waals surface area contributed by atoms with Crippen LogP contribution in [0.5, 0.6) is 0 Å². The number of fused-ring (bicyclic) bond motifs is 6. The summed E-state index contributed by atoms with van der Waals surface area (Å²) in [5, 5.41) is 20.4. The fraction of sp³-hybridized carbons (Fsp3) is 0.455. The number of benzene rings is 4. The van der Waals surface area contributed by atoms with Crippen molar-refractivity contribution in [3.63, 3.8) is 0 Å². The van der Waals surface area contributed by atoms with Crippen molar-refractivity contribution in [3.8, 4) is 0 Å². The predicted octanol–water partition coefficient (Wildman–Crippen LogP) is 5.67. The summed E-state index contributed by atoms with van der Waals surface area (Å²) < 4.78 is 49.1. The second-order valence-corrected chi connectivity index (χ2v) is 14.4. The zero-order chi connectivity index (χ0) is 37.3. The van der Waals surface area contributed by atoms with E-state index in [1.807, 2.05) is 79.7 Å². The first-order chi connectivity index (χ1) is 26.4. The van der Waals surface area contributed by atoms with Crippen LogP contribution in [0.1, 0.15) is 47.2 Å². The number of hydrogen-bond acceptors (Lipinski definition) is 10. The predicted molar refractivity (Wildman–Crippen MR) is 200 cm³/mol. The number of aliphatic hydroxyl groups is 2. The van der Waals surface area contributed by atoms with Gasteiger partial charge in [0.15, 0.2) is 0 Å². The first kappa shape index (κ1) is 38.7. The monoisotopic (exact) mass is 740 g/mol. The fourth-order valence-electron chi connectivity index (χ4n) is 7.46. The molecule has 10 heteroatoms. The highest BCUT2D eigenvalue weighted by Gasteiger charge is 2.47. The molecule has 8 rings (SSSR count). The summed E-state index contributed by atoms with van der Waals surface area (Å²) in [6, 6.07) is 36.5. The van der Waals surface area contributed by atoms with Gasteiger partial charge in [-0.05, 0) is 47.2 Å². The van der Waals surface area contributed by atoms with E-state index in [4.69, 9.17) is 37.9 Å². The molecule has 4 aromatic rings. The van der Waals surface area contributed by atoms with E-state index in [9.17, 15) is 10.2 Å². The Balaban J connectivity index is 0.000000191. The maximum absolute atomic E-state index is 10.3. The standard InChI is InChI=1S/C29H32O5.C15H20O5/c1-21-27(31-16-22-10-4-2-5-11-22)29-28(32-17-23-12-6-3-7-13-23)26(34-21)20-30-18-24-14-8-9-15-25(24)19-33-29;1-9-13(16)15-14(17)12(20-9)8-18-6-10-4-2-3-5-11(10)7-19-15/h2-15,21,26-29H,16-20H2,1H3;2-5,9,12-17H,6-8H2,1H3/t21-,26?,27?,28-,29-;9-,12?,13?,14+,15-/m00/s1. The van der Waals surface area contributed by atoms with Crippen LogP contribution >= 0.6 is 0 Å². The molecular formula is C44H52O10. The summed E-state index contributed by atoms with van der Waals surface area (Å²) in [5.41, 5.74) is 6.57. The van der Waals surface area contributed by atoms with Gasteiger partial charge in [0.1, 0.15) is 48.8 Å². The number of rotatable bonds is 6. The third-order valence-corrected chi connectivity index (χ3v) is 10.5. The maximum atomic E-state index is 10.3. The van der Waals surface area contributed by atoms with Gasteiger partial charge in [0, 0.05) is 0 Å². The lowest BCUT2D eigenvalue weighted by Gasteiger charge is -2.45.